The third kappa shape index (κ3) is 2.90. The Bertz CT molecular complexity index is 345. The summed E-state index contributed by atoms with van der Waals surface area (Å²) in [6.45, 7) is 4.24. The van der Waals surface area contributed by atoms with E-state index in [-0.39, 0.29) is 12.3 Å². The summed E-state index contributed by atoms with van der Waals surface area (Å²) < 4.78 is 0. The van der Waals surface area contributed by atoms with Crippen LogP contribution < -0.4 is 5.73 Å². The molecule has 16 heavy (non-hydrogen) atoms. The van der Waals surface area contributed by atoms with Crippen molar-refractivity contribution >= 4 is 5.78 Å². The summed E-state index contributed by atoms with van der Waals surface area (Å²) in [5, 5.41) is 9.33. The van der Waals surface area contributed by atoms with Crippen LogP contribution in [0.5, 0.6) is 0 Å². The lowest BCUT2D eigenvalue weighted by Gasteiger charge is -2.10. The minimum absolute atomic E-state index is 0.0358. The zero-order valence-electron chi connectivity index (χ0n) is 9.81. The van der Waals surface area contributed by atoms with Gasteiger partial charge in [0.2, 0.25) is 0 Å². The van der Waals surface area contributed by atoms with Crippen molar-refractivity contribution in [1.29, 1.82) is 0 Å². The van der Waals surface area contributed by atoms with Gasteiger partial charge in [-0.3, -0.25) is 4.79 Å². The molecule has 0 heterocycles. The molecule has 2 unspecified atom stereocenters. The summed E-state index contributed by atoms with van der Waals surface area (Å²) in [5.41, 5.74) is 6.97. The van der Waals surface area contributed by atoms with Gasteiger partial charge in [0, 0.05) is 12.1 Å². The van der Waals surface area contributed by atoms with E-state index in [1.807, 2.05) is 12.1 Å². The number of Topliss-reactive ketones (excluding diaryl/α,β-unsaturated/α-hetero) is 1. The molecule has 0 bridgehead atoms. The molecule has 0 aliphatic rings. The average Bonchev–Trinajstić information content (AvgIpc) is 2.36. The molecule has 0 aromatic heterocycles. The van der Waals surface area contributed by atoms with Crippen molar-refractivity contribution in [2.24, 2.45) is 5.73 Å². The lowest BCUT2D eigenvalue weighted by atomic mass is 9.96. The van der Waals surface area contributed by atoms with E-state index in [2.05, 4.69) is 13.8 Å². The van der Waals surface area contributed by atoms with Crippen LogP contribution >= 0.6 is 0 Å². The number of nitrogens with two attached hydrogens (primary N) is 1. The molecule has 1 aromatic rings. The smallest absolute Gasteiger partial charge is 0.192 e. The zero-order valence-corrected chi connectivity index (χ0v) is 9.81. The summed E-state index contributed by atoms with van der Waals surface area (Å²) in [7, 11) is 0. The number of hydrogen-bond acceptors (Lipinski definition) is 3. The molecule has 3 heteroatoms. The number of carbonyl (C=O) groups excluding carboxylic acids is 1. The molecule has 3 nitrogen and oxygen atoms in total. The second-order valence-corrected chi connectivity index (χ2v) is 4.05. The van der Waals surface area contributed by atoms with E-state index in [0.29, 0.717) is 11.5 Å². The second kappa shape index (κ2) is 5.77. The number of aliphatic hydroxyl groups is 1. The van der Waals surface area contributed by atoms with E-state index < -0.39 is 6.10 Å². The summed E-state index contributed by atoms with van der Waals surface area (Å²) in [6, 6.07) is 7.38. The van der Waals surface area contributed by atoms with Crippen LogP contribution in [0.2, 0.25) is 0 Å². The maximum absolute atomic E-state index is 11.6. The van der Waals surface area contributed by atoms with Crippen LogP contribution in [-0.2, 0) is 0 Å². The first-order valence-electron chi connectivity index (χ1n) is 5.62. The molecule has 1 aromatic carbocycles. The van der Waals surface area contributed by atoms with Crippen LogP contribution in [0.3, 0.4) is 0 Å². The lowest BCUT2D eigenvalue weighted by molar-refractivity contribution is 0.0763. The van der Waals surface area contributed by atoms with Gasteiger partial charge in [0.1, 0.15) is 6.10 Å². The molecular formula is C13H19NO2. The first kappa shape index (κ1) is 12.9. The Kier molecular flexibility index (Phi) is 4.65. The van der Waals surface area contributed by atoms with Crippen LogP contribution in [-0.4, -0.2) is 23.5 Å². The minimum Gasteiger partial charge on any atom is -0.384 e. The van der Waals surface area contributed by atoms with Crippen LogP contribution in [0.1, 0.15) is 42.1 Å². The van der Waals surface area contributed by atoms with Gasteiger partial charge in [-0.1, -0.05) is 38.1 Å². The van der Waals surface area contributed by atoms with Crippen molar-refractivity contribution in [1.82, 2.24) is 0 Å². The van der Waals surface area contributed by atoms with Crippen molar-refractivity contribution in [3.8, 4) is 0 Å². The zero-order chi connectivity index (χ0) is 12.1. The van der Waals surface area contributed by atoms with Crippen LogP contribution in [0.15, 0.2) is 24.3 Å². The number of rotatable bonds is 5. The summed E-state index contributed by atoms with van der Waals surface area (Å²) in [5.74, 6) is 0.182. The maximum atomic E-state index is 11.6. The Morgan fingerprint density at radius 3 is 2.38 bits per heavy atom. The largest absolute Gasteiger partial charge is 0.384 e. The highest BCUT2D eigenvalue weighted by Gasteiger charge is 2.15. The molecule has 1 rings (SSSR count). The Hall–Kier alpha value is -1.19. The molecule has 0 aliphatic carbocycles. The maximum Gasteiger partial charge on any atom is 0.192 e. The number of carbonyl (C=O) groups is 1. The van der Waals surface area contributed by atoms with Gasteiger partial charge in [-0.2, -0.15) is 0 Å². The molecule has 0 aliphatic heterocycles. The predicted molar refractivity (Wildman–Crippen MR) is 64.5 cm³/mol. The highest BCUT2D eigenvalue weighted by Crippen LogP contribution is 2.19. The molecule has 2 atom stereocenters. The molecular weight excluding hydrogens is 202 g/mol. The number of hydrogen-bond donors (Lipinski definition) is 2. The summed E-state index contributed by atoms with van der Waals surface area (Å²) in [4.78, 5) is 11.6. The number of ketones is 1. The molecule has 0 saturated heterocycles. The topological polar surface area (TPSA) is 63.3 Å². The van der Waals surface area contributed by atoms with Crippen LogP contribution in [0.25, 0.3) is 0 Å². The van der Waals surface area contributed by atoms with Gasteiger partial charge < -0.3 is 10.8 Å². The van der Waals surface area contributed by atoms with Gasteiger partial charge in [0.05, 0.1) is 0 Å². The van der Waals surface area contributed by atoms with E-state index in [9.17, 15) is 9.90 Å². The third-order valence-electron chi connectivity index (χ3n) is 2.90. The van der Waals surface area contributed by atoms with E-state index in [1.54, 1.807) is 12.1 Å². The predicted octanol–water partition coefficient (Wildman–Crippen LogP) is 1.70. The Morgan fingerprint density at radius 2 is 1.94 bits per heavy atom. The molecule has 3 N–H and O–H groups in total. The van der Waals surface area contributed by atoms with Crippen molar-refractivity contribution in [2.75, 3.05) is 6.54 Å². The minimum atomic E-state index is -1.09. The fourth-order valence-corrected chi connectivity index (χ4v) is 1.51. The first-order valence-corrected chi connectivity index (χ1v) is 5.62. The van der Waals surface area contributed by atoms with Crippen LogP contribution in [0.4, 0.5) is 0 Å². The molecule has 0 spiro atoms. The fourth-order valence-electron chi connectivity index (χ4n) is 1.51. The molecule has 0 radical (unpaired) electrons. The second-order valence-electron chi connectivity index (χ2n) is 4.05. The average molecular weight is 221 g/mol. The van der Waals surface area contributed by atoms with Crippen molar-refractivity contribution in [3.05, 3.63) is 35.4 Å². The summed E-state index contributed by atoms with van der Waals surface area (Å²) in [6.07, 6.45) is -0.0203. The van der Waals surface area contributed by atoms with Gasteiger partial charge in [0.25, 0.3) is 0 Å². The number of benzene rings is 1. The van der Waals surface area contributed by atoms with E-state index in [1.165, 1.54) is 5.56 Å². The molecule has 0 fully saturated rings. The Balaban J connectivity index is 2.82. The normalized spacial score (nSPS) is 14.5. The summed E-state index contributed by atoms with van der Waals surface area (Å²) >= 11 is 0. The van der Waals surface area contributed by atoms with E-state index in [4.69, 9.17) is 5.73 Å². The van der Waals surface area contributed by atoms with Gasteiger partial charge in [-0.15, -0.1) is 0 Å². The molecule has 0 saturated carbocycles. The highest BCUT2D eigenvalue weighted by molar-refractivity contribution is 5.99. The van der Waals surface area contributed by atoms with Gasteiger partial charge in [0.15, 0.2) is 5.78 Å². The van der Waals surface area contributed by atoms with E-state index in [0.717, 1.165) is 6.42 Å². The number of aliphatic hydroxyl groups excluding tert-OH is 1. The van der Waals surface area contributed by atoms with Gasteiger partial charge >= 0.3 is 0 Å². The molecule has 88 valence electrons. The van der Waals surface area contributed by atoms with Crippen LogP contribution in [0, 0.1) is 0 Å². The molecule has 0 amide bonds. The van der Waals surface area contributed by atoms with Crippen molar-refractivity contribution in [2.45, 2.75) is 32.3 Å². The fraction of sp³-hybridized carbons (Fsp3) is 0.462. The van der Waals surface area contributed by atoms with E-state index >= 15 is 0 Å². The lowest BCUT2D eigenvalue weighted by Crippen LogP contribution is -2.29. The van der Waals surface area contributed by atoms with Gasteiger partial charge in [-0.25, -0.2) is 0 Å². The monoisotopic (exact) mass is 221 g/mol. The highest BCUT2D eigenvalue weighted by atomic mass is 16.3. The van der Waals surface area contributed by atoms with Crippen molar-refractivity contribution < 1.29 is 9.90 Å². The van der Waals surface area contributed by atoms with Crippen molar-refractivity contribution in [3.63, 3.8) is 0 Å². The van der Waals surface area contributed by atoms with Gasteiger partial charge in [-0.05, 0) is 17.9 Å². The SMILES string of the molecule is CCC(C)c1ccc(C(=O)C(O)CN)cc1. The first-order chi connectivity index (χ1) is 7.60. The Morgan fingerprint density at radius 1 is 1.38 bits per heavy atom. The Labute approximate surface area is 96.3 Å². The third-order valence-corrected chi connectivity index (χ3v) is 2.90. The standard InChI is InChI=1S/C13H19NO2/c1-3-9(2)10-4-6-11(7-5-10)13(16)12(15)8-14/h4-7,9,12,15H,3,8,14H2,1-2H3. The quantitative estimate of drug-likeness (QED) is 0.744.